The van der Waals surface area contributed by atoms with Crippen LogP contribution < -0.4 is 4.90 Å². The van der Waals surface area contributed by atoms with Gasteiger partial charge in [-0.25, -0.2) is 4.68 Å². The van der Waals surface area contributed by atoms with E-state index in [9.17, 15) is 0 Å². The molecule has 1 aliphatic rings. The van der Waals surface area contributed by atoms with Gasteiger partial charge < -0.3 is 4.90 Å². The predicted molar refractivity (Wildman–Crippen MR) is 118 cm³/mol. The van der Waals surface area contributed by atoms with Gasteiger partial charge in [-0.1, -0.05) is 78.4 Å². The van der Waals surface area contributed by atoms with Gasteiger partial charge in [0, 0.05) is 12.2 Å². The monoisotopic (exact) mass is 395 g/mol. The van der Waals surface area contributed by atoms with Gasteiger partial charge in [0.2, 0.25) is 0 Å². The third-order valence-electron chi connectivity index (χ3n) is 5.83. The zero-order chi connectivity index (χ0) is 20.3. The Morgan fingerprint density at radius 1 is 0.900 bits per heavy atom. The molecule has 0 bridgehead atoms. The zero-order valence-corrected chi connectivity index (χ0v) is 17.1. The van der Waals surface area contributed by atoms with E-state index in [1.54, 1.807) is 0 Å². The van der Waals surface area contributed by atoms with Crippen molar-refractivity contribution in [3.8, 4) is 0 Å². The summed E-state index contributed by atoms with van der Waals surface area (Å²) in [7, 11) is 0. The van der Waals surface area contributed by atoms with Crippen LogP contribution in [0.25, 0.3) is 0 Å². The molecule has 0 fully saturated rings. The molecule has 0 saturated heterocycles. The number of tetrazole rings is 1. The Labute approximate surface area is 177 Å². The van der Waals surface area contributed by atoms with Crippen molar-refractivity contribution in [3.63, 3.8) is 0 Å². The van der Waals surface area contributed by atoms with E-state index in [0.717, 1.165) is 25.2 Å². The number of rotatable bonds is 5. The van der Waals surface area contributed by atoms with Gasteiger partial charge in [0.15, 0.2) is 5.82 Å². The van der Waals surface area contributed by atoms with Crippen LogP contribution in [-0.2, 0) is 13.0 Å². The van der Waals surface area contributed by atoms with Crippen molar-refractivity contribution in [2.24, 2.45) is 0 Å². The Morgan fingerprint density at radius 2 is 1.67 bits per heavy atom. The Morgan fingerprint density at radius 3 is 2.50 bits per heavy atom. The first kappa shape index (κ1) is 18.6. The molecule has 0 radical (unpaired) electrons. The van der Waals surface area contributed by atoms with E-state index in [-0.39, 0.29) is 6.04 Å². The summed E-state index contributed by atoms with van der Waals surface area (Å²) in [5.74, 6) is 0.874. The van der Waals surface area contributed by atoms with E-state index in [2.05, 4.69) is 100 Å². The fraction of sp³-hybridized carbons (Fsp3) is 0.240. The van der Waals surface area contributed by atoms with Crippen molar-refractivity contribution in [1.29, 1.82) is 0 Å². The molecule has 0 spiro atoms. The van der Waals surface area contributed by atoms with Crippen molar-refractivity contribution < 1.29 is 0 Å². The van der Waals surface area contributed by atoms with Crippen LogP contribution in [0.1, 0.15) is 40.5 Å². The van der Waals surface area contributed by atoms with Gasteiger partial charge >= 0.3 is 0 Å². The van der Waals surface area contributed by atoms with Crippen LogP contribution in [0, 0.1) is 6.92 Å². The maximum atomic E-state index is 4.52. The molecule has 0 unspecified atom stereocenters. The highest BCUT2D eigenvalue weighted by Gasteiger charge is 2.31. The van der Waals surface area contributed by atoms with Gasteiger partial charge in [-0.3, -0.25) is 0 Å². The van der Waals surface area contributed by atoms with Crippen LogP contribution >= 0.6 is 0 Å². The molecule has 5 nitrogen and oxygen atoms in total. The van der Waals surface area contributed by atoms with E-state index in [1.807, 2.05) is 10.7 Å². The van der Waals surface area contributed by atoms with Gasteiger partial charge in [0.05, 0.1) is 6.54 Å². The lowest BCUT2D eigenvalue weighted by Gasteiger charge is -2.37. The molecule has 4 aromatic rings. The second kappa shape index (κ2) is 8.11. The average Bonchev–Trinajstić information content (AvgIpc) is 3.24. The average molecular weight is 396 g/mol. The maximum absolute atomic E-state index is 4.52. The van der Waals surface area contributed by atoms with Crippen LogP contribution in [0.4, 0.5) is 5.69 Å². The fourth-order valence-electron chi connectivity index (χ4n) is 4.32. The third-order valence-corrected chi connectivity index (χ3v) is 5.83. The van der Waals surface area contributed by atoms with E-state index < -0.39 is 0 Å². The van der Waals surface area contributed by atoms with Gasteiger partial charge in [0.25, 0.3) is 0 Å². The molecule has 2 heterocycles. The molecule has 0 amide bonds. The Bertz CT molecular complexity index is 1120. The number of para-hydroxylation sites is 1. The van der Waals surface area contributed by atoms with Crippen LogP contribution in [0.5, 0.6) is 0 Å². The molecular formula is C25H25N5. The maximum Gasteiger partial charge on any atom is 0.178 e. The minimum absolute atomic E-state index is 0.0363. The number of fused-ring (bicyclic) bond motifs is 1. The molecule has 5 heteroatoms. The highest BCUT2D eigenvalue weighted by molar-refractivity contribution is 5.58. The SMILES string of the molecule is Cc1ccc([C@@H](c2nnnn2Cc2ccccc2)N2CCCc3ccccc32)cc1. The first-order valence-corrected chi connectivity index (χ1v) is 10.5. The summed E-state index contributed by atoms with van der Waals surface area (Å²) in [5, 5.41) is 12.9. The highest BCUT2D eigenvalue weighted by Crippen LogP contribution is 2.37. The standard InChI is InChI=1S/C25H25N5/c1-19-13-15-22(16-14-19)24(29-17-7-11-21-10-5-6-12-23(21)29)25-26-27-28-30(25)18-20-8-3-2-4-9-20/h2-6,8-10,12-16,24H,7,11,17-18H2,1H3/t24-/m0/s1. The number of hydrogen-bond donors (Lipinski definition) is 0. The largest absolute Gasteiger partial charge is 0.357 e. The van der Waals surface area contributed by atoms with Crippen molar-refractivity contribution in [2.75, 3.05) is 11.4 Å². The molecule has 1 aliphatic heterocycles. The lowest BCUT2D eigenvalue weighted by atomic mass is 9.96. The molecule has 1 aromatic heterocycles. The van der Waals surface area contributed by atoms with Crippen molar-refractivity contribution >= 4 is 5.69 Å². The van der Waals surface area contributed by atoms with Crippen LogP contribution in [0.15, 0.2) is 78.9 Å². The smallest absolute Gasteiger partial charge is 0.178 e. The first-order valence-electron chi connectivity index (χ1n) is 10.5. The van der Waals surface area contributed by atoms with Crippen molar-refractivity contribution in [3.05, 3.63) is 107 Å². The first-order chi connectivity index (χ1) is 14.8. The summed E-state index contributed by atoms with van der Waals surface area (Å²) in [6.45, 7) is 3.75. The van der Waals surface area contributed by atoms with Crippen molar-refractivity contribution in [2.45, 2.75) is 32.4 Å². The number of nitrogens with zero attached hydrogens (tertiary/aromatic N) is 5. The summed E-state index contributed by atoms with van der Waals surface area (Å²) in [6, 6.07) is 27.8. The number of aromatic nitrogens is 4. The Kier molecular flexibility index (Phi) is 5.01. The summed E-state index contributed by atoms with van der Waals surface area (Å²) in [6.07, 6.45) is 2.24. The molecule has 1 atom stereocenters. The minimum atomic E-state index is -0.0363. The summed E-state index contributed by atoms with van der Waals surface area (Å²) >= 11 is 0. The van der Waals surface area contributed by atoms with E-state index in [1.165, 1.54) is 27.9 Å². The predicted octanol–water partition coefficient (Wildman–Crippen LogP) is 4.57. The highest BCUT2D eigenvalue weighted by atomic mass is 15.5. The van der Waals surface area contributed by atoms with Gasteiger partial charge in [-0.2, -0.15) is 0 Å². The van der Waals surface area contributed by atoms with Gasteiger partial charge in [-0.05, 0) is 52.9 Å². The molecular weight excluding hydrogens is 370 g/mol. The van der Waals surface area contributed by atoms with E-state index >= 15 is 0 Å². The third kappa shape index (κ3) is 3.59. The van der Waals surface area contributed by atoms with Crippen molar-refractivity contribution in [1.82, 2.24) is 20.2 Å². The minimum Gasteiger partial charge on any atom is -0.357 e. The van der Waals surface area contributed by atoms with Crippen LogP contribution in [0.3, 0.4) is 0 Å². The Hall–Kier alpha value is -3.47. The lowest BCUT2D eigenvalue weighted by molar-refractivity contribution is 0.557. The fourth-order valence-corrected chi connectivity index (χ4v) is 4.32. The molecule has 0 aliphatic carbocycles. The second-order valence-electron chi connectivity index (χ2n) is 7.92. The lowest BCUT2D eigenvalue weighted by Crippen LogP contribution is -2.36. The van der Waals surface area contributed by atoms with Crippen LogP contribution in [0.2, 0.25) is 0 Å². The Balaban J connectivity index is 1.61. The number of anilines is 1. The quantitative estimate of drug-likeness (QED) is 0.497. The van der Waals surface area contributed by atoms with Gasteiger partial charge in [0.1, 0.15) is 6.04 Å². The van der Waals surface area contributed by atoms with E-state index in [0.29, 0.717) is 6.54 Å². The molecule has 3 aromatic carbocycles. The van der Waals surface area contributed by atoms with Crippen LogP contribution in [-0.4, -0.2) is 26.8 Å². The molecule has 5 rings (SSSR count). The molecule has 150 valence electrons. The number of hydrogen-bond acceptors (Lipinski definition) is 4. The summed E-state index contributed by atoms with van der Waals surface area (Å²) < 4.78 is 1.94. The zero-order valence-electron chi connectivity index (χ0n) is 17.1. The summed E-state index contributed by atoms with van der Waals surface area (Å²) in [5.41, 5.74) is 6.32. The normalized spacial score (nSPS) is 14.4. The number of benzene rings is 3. The molecule has 30 heavy (non-hydrogen) atoms. The molecule has 0 N–H and O–H groups in total. The second-order valence-corrected chi connectivity index (χ2v) is 7.92. The molecule has 0 saturated carbocycles. The number of aryl methyl sites for hydroxylation is 2. The topological polar surface area (TPSA) is 46.8 Å². The van der Waals surface area contributed by atoms with Gasteiger partial charge in [-0.15, -0.1) is 5.10 Å². The van der Waals surface area contributed by atoms with E-state index in [4.69, 9.17) is 0 Å². The summed E-state index contributed by atoms with van der Waals surface area (Å²) in [4.78, 5) is 2.47.